The molecule has 0 aliphatic carbocycles. The number of nitrogens with one attached hydrogen (secondary N) is 1. The van der Waals surface area contributed by atoms with Crippen molar-refractivity contribution in [1.29, 1.82) is 0 Å². The molecule has 0 aliphatic heterocycles. The predicted molar refractivity (Wildman–Crippen MR) is 112 cm³/mol. The second-order valence-corrected chi connectivity index (χ2v) is 7.20. The number of carbonyl (C=O) groups excluding carboxylic acids is 2. The smallest absolute Gasteiger partial charge is 0.273 e. The van der Waals surface area contributed by atoms with Crippen LogP contribution in [0.2, 0.25) is 10.0 Å². The van der Waals surface area contributed by atoms with Crippen molar-refractivity contribution in [2.75, 3.05) is 7.05 Å². The zero-order chi connectivity index (χ0) is 21.6. The van der Waals surface area contributed by atoms with Crippen molar-refractivity contribution < 1.29 is 14.5 Å². The molecular formula is C20H21Cl2N3O4. The van der Waals surface area contributed by atoms with E-state index in [2.05, 4.69) is 5.32 Å². The van der Waals surface area contributed by atoms with Gasteiger partial charge in [0.2, 0.25) is 11.8 Å². The van der Waals surface area contributed by atoms with Gasteiger partial charge in [-0.3, -0.25) is 19.7 Å². The lowest BCUT2D eigenvalue weighted by Crippen LogP contribution is -2.48. The van der Waals surface area contributed by atoms with Gasteiger partial charge in [0, 0.05) is 35.3 Å². The SMILES string of the molecule is CCC(C(=O)NC)N(Cc1ccc(Cl)cc1Cl)C(=O)Cc1ccccc1[N+](=O)[O-]. The molecule has 0 spiro atoms. The minimum Gasteiger partial charge on any atom is -0.357 e. The summed E-state index contributed by atoms with van der Waals surface area (Å²) in [4.78, 5) is 37.7. The summed E-state index contributed by atoms with van der Waals surface area (Å²) in [6, 6.07) is 10.2. The Morgan fingerprint density at radius 2 is 1.86 bits per heavy atom. The van der Waals surface area contributed by atoms with Crippen LogP contribution in [-0.4, -0.2) is 34.7 Å². The molecular weight excluding hydrogens is 417 g/mol. The topological polar surface area (TPSA) is 92.6 Å². The van der Waals surface area contributed by atoms with Crippen molar-refractivity contribution in [3.8, 4) is 0 Å². The van der Waals surface area contributed by atoms with Gasteiger partial charge >= 0.3 is 0 Å². The van der Waals surface area contributed by atoms with Crippen molar-refractivity contribution in [1.82, 2.24) is 10.2 Å². The number of rotatable bonds is 8. The van der Waals surface area contributed by atoms with E-state index in [4.69, 9.17) is 23.2 Å². The molecule has 2 aromatic rings. The van der Waals surface area contributed by atoms with E-state index in [0.29, 0.717) is 22.0 Å². The maximum Gasteiger partial charge on any atom is 0.273 e. The number of likely N-dealkylation sites (N-methyl/N-ethyl adjacent to an activating group) is 1. The first-order valence-corrected chi connectivity index (χ1v) is 9.71. The third-order valence-corrected chi connectivity index (χ3v) is 5.11. The molecule has 0 saturated carbocycles. The number of carbonyl (C=O) groups is 2. The van der Waals surface area contributed by atoms with E-state index in [9.17, 15) is 19.7 Å². The van der Waals surface area contributed by atoms with Gasteiger partial charge in [0.05, 0.1) is 11.3 Å². The van der Waals surface area contributed by atoms with Gasteiger partial charge in [0.1, 0.15) is 6.04 Å². The molecule has 0 aliphatic rings. The van der Waals surface area contributed by atoms with Crippen LogP contribution < -0.4 is 5.32 Å². The molecule has 0 radical (unpaired) electrons. The van der Waals surface area contributed by atoms with E-state index in [1.165, 1.54) is 30.1 Å². The summed E-state index contributed by atoms with van der Waals surface area (Å²) in [7, 11) is 1.49. The molecule has 9 heteroatoms. The van der Waals surface area contributed by atoms with Crippen molar-refractivity contribution in [2.24, 2.45) is 0 Å². The zero-order valence-electron chi connectivity index (χ0n) is 16.0. The lowest BCUT2D eigenvalue weighted by molar-refractivity contribution is -0.385. The number of amides is 2. The molecule has 154 valence electrons. The van der Waals surface area contributed by atoms with Crippen LogP contribution in [0.15, 0.2) is 42.5 Å². The molecule has 1 N–H and O–H groups in total. The average Bonchev–Trinajstić information content (AvgIpc) is 2.69. The summed E-state index contributed by atoms with van der Waals surface area (Å²) in [6.07, 6.45) is 0.156. The number of nitrogens with zero attached hydrogens (tertiary/aromatic N) is 2. The summed E-state index contributed by atoms with van der Waals surface area (Å²) < 4.78 is 0. The number of hydrogen-bond acceptors (Lipinski definition) is 4. The number of para-hydroxylation sites is 1. The standard InChI is InChI=1S/C20H21Cl2N3O4/c1-3-17(20(27)23-2)24(12-14-8-9-15(21)11-16(14)22)19(26)10-13-6-4-5-7-18(13)25(28)29/h4-9,11,17H,3,10,12H2,1-2H3,(H,23,27). The van der Waals surface area contributed by atoms with Gasteiger partial charge in [-0.1, -0.05) is 54.4 Å². The van der Waals surface area contributed by atoms with Crippen LogP contribution in [0.1, 0.15) is 24.5 Å². The molecule has 7 nitrogen and oxygen atoms in total. The first-order valence-electron chi connectivity index (χ1n) is 8.95. The fourth-order valence-corrected chi connectivity index (χ4v) is 3.49. The van der Waals surface area contributed by atoms with E-state index in [1.807, 2.05) is 0 Å². The summed E-state index contributed by atoms with van der Waals surface area (Å²) in [5, 5.41) is 14.7. The monoisotopic (exact) mass is 437 g/mol. The van der Waals surface area contributed by atoms with Gasteiger partial charge in [-0.15, -0.1) is 0 Å². The Bertz CT molecular complexity index is 920. The molecule has 2 aromatic carbocycles. The minimum absolute atomic E-state index is 0.0708. The third kappa shape index (κ3) is 5.68. The molecule has 2 amide bonds. The van der Waals surface area contributed by atoms with Crippen LogP contribution in [0.3, 0.4) is 0 Å². The highest BCUT2D eigenvalue weighted by Gasteiger charge is 2.29. The maximum atomic E-state index is 13.1. The van der Waals surface area contributed by atoms with Crippen molar-refractivity contribution in [3.63, 3.8) is 0 Å². The molecule has 1 atom stereocenters. The van der Waals surface area contributed by atoms with E-state index < -0.39 is 16.9 Å². The van der Waals surface area contributed by atoms with E-state index >= 15 is 0 Å². The van der Waals surface area contributed by atoms with Crippen LogP contribution in [0.4, 0.5) is 5.69 Å². The first-order chi connectivity index (χ1) is 13.8. The Hall–Kier alpha value is -2.64. The van der Waals surface area contributed by atoms with E-state index in [-0.39, 0.29) is 30.1 Å². The van der Waals surface area contributed by atoms with Crippen LogP contribution in [0, 0.1) is 10.1 Å². The van der Waals surface area contributed by atoms with Crippen LogP contribution in [0.25, 0.3) is 0 Å². The Kier molecular flexibility index (Phi) is 7.99. The second kappa shape index (κ2) is 10.2. The second-order valence-electron chi connectivity index (χ2n) is 6.36. The van der Waals surface area contributed by atoms with Gasteiger partial charge in [-0.2, -0.15) is 0 Å². The first kappa shape index (κ1) is 22.6. The summed E-state index contributed by atoms with van der Waals surface area (Å²) in [6.45, 7) is 1.86. The lowest BCUT2D eigenvalue weighted by Gasteiger charge is -2.30. The number of hydrogen-bond donors (Lipinski definition) is 1. The van der Waals surface area contributed by atoms with Gasteiger partial charge in [0.25, 0.3) is 5.69 Å². The lowest BCUT2D eigenvalue weighted by atomic mass is 10.1. The summed E-state index contributed by atoms with van der Waals surface area (Å²) >= 11 is 12.2. The van der Waals surface area contributed by atoms with Gasteiger partial charge in [0.15, 0.2) is 0 Å². The van der Waals surface area contributed by atoms with Gasteiger partial charge < -0.3 is 10.2 Å². The highest BCUT2D eigenvalue weighted by Crippen LogP contribution is 2.25. The molecule has 1 unspecified atom stereocenters. The Morgan fingerprint density at radius 3 is 2.45 bits per heavy atom. The Morgan fingerprint density at radius 1 is 1.17 bits per heavy atom. The number of halogens is 2. The van der Waals surface area contributed by atoms with Crippen molar-refractivity contribution in [3.05, 3.63) is 73.8 Å². The Labute approximate surface area is 178 Å². The molecule has 0 heterocycles. The quantitative estimate of drug-likeness (QED) is 0.498. The number of benzene rings is 2. The Balaban J connectivity index is 2.39. The predicted octanol–water partition coefficient (Wildman–Crippen LogP) is 4.00. The third-order valence-electron chi connectivity index (χ3n) is 4.52. The molecule has 0 aromatic heterocycles. The normalized spacial score (nSPS) is 11.6. The molecule has 0 saturated heterocycles. The van der Waals surface area contributed by atoms with Gasteiger partial charge in [-0.25, -0.2) is 0 Å². The minimum atomic E-state index is -0.748. The summed E-state index contributed by atoms with van der Waals surface area (Å²) in [5.74, 6) is -0.741. The highest BCUT2D eigenvalue weighted by atomic mass is 35.5. The number of nitro benzene ring substituents is 1. The fourth-order valence-electron chi connectivity index (χ4n) is 3.02. The van der Waals surface area contributed by atoms with Crippen LogP contribution in [0.5, 0.6) is 0 Å². The van der Waals surface area contributed by atoms with E-state index in [1.54, 1.807) is 31.2 Å². The molecule has 0 bridgehead atoms. The van der Waals surface area contributed by atoms with Crippen LogP contribution >= 0.6 is 23.2 Å². The van der Waals surface area contributed by atoms with Gasteiger partial charge in [-0.05, 0) is 24.1 Å². The van der Waals surface area contributed by atoms with Crippen molar-refractivity contribution >= 4 is 40.7 Å². The fraction of sp³-hybridized carbons (Fsp3) is 0.300. The largest absolute Gasteiger partial charge is 0.357 e. The highest BCUT2D eigenvalue weighted by molar-refractivity contribution is 6.35. The average molecular weight is 438 g/mol. The zero-order valence-corrected chi connectivity index (χ0v) is 17.5. The van der Waals surface area contributed by atoms with Crippen molar-refractivity contribution in [2.45, 2.75) is 32.4 Å². The number of nitro groups is 1. The molecule has 0 fully saturated rings. The maximum absolute atomic E-state index is 13.1. The molecule has 2 rings (SSSR count). The molecule has 29 heavy (non-hydrogen) atoms. The van der Waals surface area contributed by atoms with E-state index in [0.717, 1.165) is 0 Å². The summed E-state index contributed by atoms with van der Waals surface area (Å²) in [5.41, 5.74) is 0.758. The van der Waals surface area contributed by atoms with Crippen LogP contribution in [-0.2, 0) is 22.6 Å².